The van der Waals surface area contributed by atoms with Crippen LogP contribution >= 0.6 is 7.82 Å². The van der Waals surface area contributed by atoms with Gasteiger partial charge in [-0.15, -0.1) is 0 Å². The first kappa shape index (κ1) is 16.5. The van der Waals surface area contributed by atoms with E-state index in [1.807, 2.05) is 0 Å². The third kappa shape index (κ3) is 48.9. The van der Waals surface area contributed by atoms with Gasteiger partial charge in [0.1, 0.15) is 0 Å². The third-order valence-corrected chi connectivity index (χ3v) is 0. The molecule has 0 N–H and O–H groups in total. The summed E-state index contributed by atoms with van der Waals surface area (Å²) >= 11 is 0. The smallest absolute Gasteiger partial charge is 0.822 e. The summed E-state index contributed by atoms with van der Waals surface area (Å²) < 4.78 is 8.55. The van der Waals surface area contributed by atoms with Gasteiger partial charge in [0.25, 0.3) is 0 Å². The molecule has 0 saturated heterocycles. The molecule has 32 valence electrons. The molecule has 0 unspecified atom stereocenters. The first-order valence-corrected chi connectivity index (χ1v) is 2.19. The van der Waals surface area contributed by atoms with Crippen LogP contribution in [0.5, 0.6) is 0 Å². The monoisotopic (exact) mass is 174 g/mol. The number of hydrogen-bond donors (Lipinski definition) is 0. The van der Waals surface area contributed by atoms with Crippen molar-refractivity contribution in [3.8, 4) is 0 Å². The first-order valence-electron chi connectivity index (χ1n) is 0.730. The molecule has 0 radical (unpaired) electrons. The Hall–Kier alpha value is 3.01. The van der Waals surface area contributed by atoms with E-state index in [9.17, 15) is 0 Å². The molecule has 0 bridgehead atoms. The van der Waals surface area contributed by atoms with E-state index in [0.29, 0.717) is 0 Å². The van der Waals surface area contributed by atoms with E-state index >= 15 is 0 Å². The van der Waals surface area contributed by atoms with Gasteiger partial charge in [-0.25, -0.2) is 0 Å². The molecule has 0 aliphatic carbocycles. The van der Waals surface area contributed by atoms with Crippen molar-refractivity contribution in [1.82, 2.24) is 0 Å². The second kappa shape index (κ2) is 7.12. The van der Waals surface area contributed by atoms with Crippen LogP contribution in [0.1, 0.15) is 0 Å². The van der Waals surface area contributed by atoms with Gasteiger partial charge < -0.3 is 19.2 Å². The van der Waals surface area contributed by atoms with Crippen LogP contribution in [0, 0.1) is 0 Å². The van der Waals surface area contributed by atoms with Crippen molar-refractivity contribution in [3.63, 3.8) is 0 Å². The zero-order chi connectivity index (χ0) is 4.50. The van der Waals surface area contributed by atoms with Crippen molar-refractivity contribution < 1.29 is 70.6 Å². The number of phosphoric acid groups is 1. The Morgan fingerprint density at radius 1 is 1.14 bits per heavy atom. The molecule has 0 heterocycles. The molecule has 0 aromatic rings. The molecule has 4 nitrogen and oxygen atoms in total. The summed E-state index contributed by atoms with van der Waals surface area (Å²) in [5.74, 6) is 0. The van der Waals surface area contributed by atoms with Crippen LogP contribution in [0.4, 0.5) is 0 Å². The van der Waals surface area contributed by atoms with Crippen LogP contribution in [-0.4, -0.2) is 37.7 Å². The Bertz CT molecular complexity index is 57.8. The fourth-order valence-corrected chi connectivity index (χ4v) is 0. The normalized spacial score (nSPS) is 8.43. The van der Waals surface area contributed by atoms with Gasteiger partial charge in [-0.3, -0.25) is 0 Å². The average molecular weight is 174 g/mol. The Morgan fingerprint density at radius 3 is 1.14 bits per heavy atom. The summed E-state index contributed by atoms with van der Waals surface area (Å²) in [5.41, 5.74) is 0. The van der Waals surface area contributed by atoms with Crippen LogP contribution in [0.15, 0.2) is 0 Å². The standard InChI is InChI=1S/Ca.K.H3O4P/c;;1-5(2,3)4/h;;(H3,1,2,3,4)/q+2;+1;/p-3. The summed E-state index contributed by atoms with van der Waals surface area (Å²) in [6.07, 6.45) is 0. The van der Waals surface area contributed by atoms with E-state index in [-0.39, 0.29) is 89.1 Å². The molecular weight excluding hydrogens is 174 g/mol. The molecular formula is CaKO4P. The fraction of sp³-hybridized carbons (Fsp3) is 0. The third-order valence-electron chi connectivity index (χ3n) is 0. The van der Waals surface area contributed by atoms with Gasteiger partial charge in [-0.1, -0.05) is 0 Å². The van der Waals surface area contributed by atoms with Crippen molar-refractivity contribution in [1.29, 1.82) is 0 Å². The summed E-state index contributed by atoms with van der Waals surface area (Å²) in [4.78, 5) is 25.6. The maximum absolute atomic E-state index is 8.55. The SMILES string of the molecule is O=P([O-])([O-])[O-].[Ca+2].[K+]. The number of rotatable bonds is 0. The molecule has 0 aliphatic rings. The van der Waals surface area contributed by atoms with E-state index in [1.54, 1.807) is 0 Å². The summed E-state index contributed by atoms with van der Waals surface area (Å²) in [5, 5.41) is 0. The molecule has 0 aliphatic heterocycles. The molecule has 0 aromatic carbocycles. The zero-order valence-electron chi connectivity index (χ0n) is 3.79. The van der Waals surface area contributed by atoms with Gasteiger partial charge in [0, 0.05) is 0 Å². The van der Waals surface area contributed by atoms with Gasteiger partial charge in [-0.2, -0.15) is 7.82 Å². The van der Waals surface area contributed by atoms with Crippen molar-refractivity contribution in [3.05, 3.63) is 0 Å². The zero-order valence-corrected chi connectivity index (χ0v) is 10.0. The van der Waals surface area contributed by atoms with E-state index in [4.69, 9.17) is 19.2 Å². The molecule has 0 aromatic heterocycles. The van der Waals surface area contributed by atoms with Crippen LogP contribution < -0.4 is 66.1 Å². The van der Waals surface area contributed by atoms with Gasteiger partial charge in [0.2, 0.25) is 0 Å². The fourth-order valence-electron chi connectivity index (χ4n) is 0. The Morgan fingerprint density at radius 2 is 1.14 bits per heavy atom. The van der Waals surface area contributed by atoms with Gasteiger partial charge in [-0.05, 0) is 0 Å². The molecule has 7 heteroatoms. The van der Waals surface area contributed by atoms with E-state index < -0.39 is 7.82 Å². The summed E-state index contributed by atoms with van der Waals surface area (Å²) in [6, 6.07) is 0. The maximum atomic E-state index is 8.55. The minimum atomic E-state index is -5.39. The predicted octanol–water partition coefficient (Wildman–Crippen LogP) is -6.20. The molecule has 0 rings (SSSR count). The average Bonchev–Trinajstić information content (AvgIpc) is 0.722. The van der Waals surface area contributed by atoms with Crippen LogP contribution in [0.25, 0.3) is 0 Å². The van der Waals surface area contributed by atoms with Gasteiger partial charge >= 0.3 is 89.1 Å². The Balaban J connectivity index is -0.0000000800. The predicted molar refractivity (Wildman–Crippen MR) is 13.4 cm³/mol. The van der Waals surface area contributed by atoms with Crippen LogP contribution in [-0.2, 0) is 4.57 Å². The molecule has 0 amide bonds. The van der Waals surface area contributed by atoms with Crippen molar-refractivity contribution >= 4 is 45.6 Å². The molecule has 0 spiro atoms. The van der Waals surface area contributed by atoms with Crippen molar-refractivity contribution in [2.24, 2.45) is 0 Å². The largest absolute Gasteiger partial charge is 2.00 e. The molecule has 7 heavy (non-hydrogen) atoms. The van der Waals surface area contributed by atoms with E-state index in [2.05, 4.69) is 0 Å². The maximum Gasteiger partial charge on any atom is 2.00 e. The minimum absolute atomic E-state index is 0. The molecule has 0 saturated carbocycles. The van der Waals surface area contributed by atoms with Crippen LogP contribution in [0.2, 0.25) is 0 Å². The van der Waals surface area contributed by atoms with Crippen molar-refractivity contribution in [2.75, 3.05) is 0 Å². The Labute approximate surface area is 113 Å². The van der Waals surface area contributed by atoms with Gasteiger partial charge in [0.05, 0.1) is 0 Å². The molecule has 0 fully saturated rings. The first-order chi connectivity index (χ1) is 2.00. The summed E-state index contributed by atoms with van der Waals surface area (Å²) in [7, 11) is -5.39. The topological polar surface area (TPSA) is 86.2 Å². The second-order valence-electron chi connectivity index (χ2n) is 0.447. The van der Waals surface area contributed by atoms with Crippen LogP contribution in [0.3, 0.4) is 0 Å². The van der Waals surface area contributed by atoms with Gasteiger partial charge in [0.15, 0.2) is 0 Å². The minimum Gasteiger partial charge on any atom is -0.822 e. The molecule has 0 atom stereocenters. The van der Waals surface area contributed by atoms with Crippen molar-refractivity contribution in [2.45, 2.75) is 0 Å². The quantitative estimate of drug-likeness (QED) is 0.270. The number of hydrogen-bond acceptors (Lipinski definition) is 4. The second-order valence-corrected chi connectivity index (χ2v) is 1.34. The van der Waals surface area contributed by atoms with E-state index in [0.717, 1.165) is 0 Å². The Kier molecular flexibility index (Phi) is 16.8. The van der Waals surface area contributed by atoms with E-state index in [1.165, 1.54) is 0 Å². The summed E-state index contributed by atoms with van der Waals surface area (Å²) in [6.45, 7) is 0.